The van der Waals surface area contributed by atoms with E-state index in [4.69, 9.17) is 11.6 Å². The minimum absolute atomic E-state index is 0.328. The molecule has 0 unspecified atom stereocenters. The van der Waals surface area contributed by atoms with Gasteiger partial charge in [-0.25, -0.2) is 4.98 Å². The van der Waals surface area contributed by atoms with Crippen LogP contribution < -0.4 is 5.32 Å². The number of carbonyl (C=O) groups is 1. The van der Waals surface area contributed by atoms with Gasteiger partial charge in [-0.2, -0.15) is 0 Å². The van der Waals surface area contributed by atoms with Crippen molar-refractivity contribution in [3.63, 3.8) is 0 Å². The van der Waals surface area contributed by atoms with Crippen molar-refractivity contribution in [2.45, 2.75) is 0 Å². The average Bonchev–Trinajstić information content (AvgIpc) is 2.74. The first-order valence-electron chi connectivity index (χ1n) is 4.08. The molecule has 0 spiro atoms. The highest BCUT2D eigenvalue weighted by atomic mass is 35.5. The Balaban J connectivity index is 2.09. The van der Waals surface area contributed by atoms with Crippen LogP contribution in [0.25, 0.3) is 0 Å². The molecule has 0 saturated carbocycles. The fourth-order valence-corrected chi connectivity index (χ4v) is 1.07. The molecule has 2 rings (SSSR count). The summed E-state index contributed by atoms with van der Waals surface area (Å²) in [5.41, 5.74) is 0.340. The van der Waals surface area contributed by atoms with Crippen LogP contribution in [-0.2, 0) is 0 Å². The first-order valence-corrected chi connectivity index (χ1v) is 4.46. The number of pyridine rings is 1. The van der Waals surface area contributed by atoms with E-state index in [1.54, 1.807) is 12.1 Å². The van der Waals surface area contributed by atoms with Crippen molar-refractivity contribution >= 4 is 23.3 Å². The number of carbonyl (C=O) groups excluding carboxylic acids is 1. The highest BCUT2D eigenvalue weighted by Gasteiger charge is 2.08. The SMILES string of the molecule is O=C(Nc1ccc(Cl)cn1)c1cnoc1. The van der Waals surface area contributed by atoms with Crippen molar-refractivity contribution < 1.29 is 9.32 Å². The number of amides is 1. The Hall–Kier alpha value is -1.88. The second-order valence-electron chi connectivity index (χ2n) is 2.73. The molecule has 0 atom stereocenters. The topological polar surface area (TPSA) is 68.0 Å². The summed E-state index contributed by atoms with van der Waals surface area (Å²) in [5.74, 6) is 0.0941. The number of aromatic nitrogens is 2. The zero-order valence-electron chi connectivity index (χ0n) is 7.48. The van der Waals surface area contributed by atoms with Crippen molar-refractivity contribution in [3.05, 3.63) is 41.4 Å². The summed E-state index contributed by atoms with van der Waals surface area (Å²) < 4.78 is 4.54. The zero-order valence-corrected chi connectivity index (χ0v) is 8.23. The number of nitrogens with one attached hydrogen (secondary N) is 1. The van der Waals surface area contributed by atoms with Crippen LogP contribution in [0.15, 0.2) is 35.3 Å². The van der Waals surface area contributed by atoms with Crippen molar-refractivity contribution in [3.8, 4) is 0 Å². The van der Waals surface area contributed by atoms with Gasteiger partial charge in [-0.1, -0.05) is 16.8 Å². The van der Waals surface area contributed by atoms with Crippen LogP contribution >= 0.6 is 11.6 Å². The lowest BCUT2D eigenvalue weighted by atomic mass is 10.3. The molecule has 1 amide bonds. The fraction of sp³-hybridized carbons (Fsp3) is 0. The predicted molar refractivity (Wildman–Crippen MR) is 53.7 cm³/mol. The van der Waals surface area contributed by atoms with Gasteiger partial charge in [-0.3, -0.25) is 4.79 Å². The van der Waals surface area contributed by atoms with Crippen LogP contribution in [0.4, 0.5) is 5.82 Å². The number of hydrogen-bond acceptors (Lipinski definition) is 4. The molecule has 6 heteroatoms. The monoisotopic (exact) mass is 223 g/mol. The van der Waals surface area contributed by atoms with E-state index in [2.05, 4.69) is 20.0 Å². The molecule has 2 aromatic rings. The molecule has 15 heavy (non-hydrogen) atoms. The molecule has 0 aromatic carbocycles. The van der Waals surface area contributed by atoms with Crippen LogP contribution in [0.3, 0.4) is 0 Å². The second-order valence-corrected chi connectivity index (χ2v) is 3.17. The molecule has 76 valence electrons. The standard InChI is InChI=1S/C9H6ClN3O2/c10-7-1-2-8(11-4-7)13-9(14)6-3-12-15-5-6/h1-5H,(H,11,13,14). The minimum Gasteiger partial charge on any atom is -0.364 e. The number of nitrogens with zero attached hydrogens (tertiary/aromatic N) is 2. The first kappa shape index (κ1) is 9.67. The normalized spacial score (nSPS) is 9.93. The molecule has 2 heterocycles. The third-order valence-electron chi connectivity index (χ3n) is 1.66. The van der Waals surface area contributed by atoms with E-state index in [1.165, 1.54) is 18.7 Å². The van der Waals surface area contributed by atoms with E-state index in [1.807, 2.05) is 0 Å². The van der Waals surface area contributed by atoms with Gasteiger partial charge in [0.25, 0.3) is 5.91 Å². The van der Waals surface area contributed by atoms with Crippen LogP contribution in [0.2, 0.25) is 5.02 Å². The molecule has 0 aliphatic heterocycles. The summed E-state index contributed by atoms with van der Waals surface area (Å²) in [6, 6.07) is 3.24. The van der Waals surface area contributed by atoms with Gasteiger partial charge in [-0.15, -0.1) is 0 Å². The van der Waals surface area contributed by atoms with Crippen LogP contribution in [-0.4, -0.2) is 16.0 Å². The van der Waals surface area contributed by atoms with Crippen molar-refractivity contribution in [1.29, 1.82) is 0 Å². The van der Waals surface area contributed by atoms with Gasteiger partial charge in [0.15, 0.2) is 0 Å². The lowest BCUT2D eigenvalue weighted by Crippen LogP contribution is -2.11. The Labute approximate surface area is 90.1 Å². The first-order chi connectivity index (χ1) is 7.25. The summed E-state index contributed by atoms with van der Waals surface area (Å²) >= 11 is 5.65. The summed E-state index contributed by atoms with van der Waals surface area (Å²) in [6.07, 6.45) is 4.03. The highest BCUT2D eigenvalue weighted by molar-refractivity contribution is 6.30. The molecular weight excluding hydrogens is 218 g/mol. The van der Waals surface area contributed by atoms with Crippen molar-refractivity contribution in [2.75, 3.05) is 5.32 Å². The van der Waals surface area contributed by atoms with Crippen molar-refractivity contribution in [1.82, 2.24) is 10.1 Å². The van der Waals surface area contributed by atoms with Gasteiger partial charge < -0.3 is 9.84 Å². The van der Waals surface area contributed by atoms with Crippen LogP contribution in [0.5, 0.6) is 0 Å². The Kier molecular flexibility index (Phi) is 2.64. The Morgan fingerprint density at radius 3 is 2.87 bits per heavy atom. The van der Waals surface area contributed by atoms with Crippen LogP contribution in [0, 0.1) is 0 Å². The fourth-order valence-electron chi connectivity index (χ4n) is 0.955. The van der Waals surface area contributed by atoms with E-state index in [9.17, 15) is 4.79 Å². The molecule has 0 aliphatic rings. The predicted octanol–water partition coefficient (Wildman–Crippen LogP) is 1.98. The summed E-state index contributed by atoms with van der Waals surface area (Å²) in [6.45, 7) is 0. The van der Waals surface area contributed by atoms with E-state index in [0.717, 1.165) is 0 Å². The number of hydrogen-bond donors (Lipinski definition) is 1. The Morgan fingerprint density at radius 2 is 2.27 bits per heavy atom. The largest absolute Gasteiger partial charge is 0.364 e. The number of halogens is 1. The third-order valence-corrected chi connectivity index (χ3v) is 1.89. The van der Waals surface area contributed by atoms with Gasteiger partial charge in [0.1, 0.15) is 12.1 Å². The van der Waals surface area contributed by atoms with E-state index < -0.39 is 0 Å². The zero-order chi connectivity index (χ0) is 10.7. The second kappa shape index (κ2) is 4.10. The quantitative estimate of drug-likeness (QED) is 0.845. The maximum atomic E-state index is 11.5. The summed E-state index contributed by atoms with van der Waals surface area (Å²) in [7, 11) is 0. The van der Waals surface area contributed by atoms with E-state index in [0.29, 0.717) is 16.4 Å². The van der Waals surface area contributed by atoms with Gasteiger partial charge in [0, 0.05) is 6.20 Å². The molecule has 0 fully saturated rings. The molecule has 0 radical (unpaired) electrons. The molecular formula is C9H6ClN3O2. The summed E-state index contributed by atoms with van der Waals surface area (Å²) in [5, 5.41) is 6.50. The van der Waals surface area contributed by atoms with E-state index in [-0.39, 0.29) is 5.91 Å². The molecule has 0 bridgehead atoms. The Bertz CT molecular complexity index is 453. The minimum atomic E-state index is -0.328. The highest BCUT2D eigenvalue weighted by Crippen LogP contribution is 2.10. The molecule has 0 aliphatic carbocycles. The number of anilines is 1. The Morgan fingerprint density at radius 1 is 1.40 bits per heavy atom. The van der Waals surface area contributed by atoms with E-state index >= 15 is 0 Å². The van der Waals surface area contributed by atoms with Gasteiger partial charge in [0.05, 0.1) is 16.8 Å². The van der Waals surface area contributed by atoms with Crippen LogP contribution in [0.1, 0.15) is 10.4 Å². The van der Waals surface area contributed by atoms with Gasteiger partial charge in [0.2, 0.25) is 0 Å². The lowest BCUT2D eigenvalue weighted by Gasteiger charge is -2.00. The average molecular weight is 224 g/mol. The molecule has 5 nitrogen and oxygen atoms in total. The van der Waals surface area contributed by atoms with Gasteiger partial charge in [-0.05, 0) is 12.1 Å². The molecule has 1 N–H and O–H groups in total. The van der Waals surface area contributed by atoms with Gasteiger partial charge >= 0.3 is 0 Å². The lowest BCUT2D eigenvalue weighted by molar-refractivity contribution is 0.102. The summed E-state index contributed by atoms with van der Waals surface area (Å²) in [4.78, 5) is 15.4. The number of rotatable bonds is 2. The maximum Gasteiger partial charge on any atom is 0.261 e. The maximum absolute atomic E-state index is 11.5. The van der Waals surface area contributed by atoms with Crippen molar-refractivity contribution in [2.24, 2.45) is 0 Å². The third kappa shape index (κ3) is 2.32. The molecule has 0 saturated heterocycles. The smallest absolute Gasteiger partial charge is 0.261 e. The molecule has 2 aromatic heterocycles.